The molecule has 0 saturated heterocycles. The lowest BCUT2D eigenvalue weighted by Crippen LogP contribution is -2.37. The summed E-state index contributed by atoms with van der Waals surface area (Å²) in [5.41, 5.74) is 7.12. The normalized spacial score (nSPS) is 13.6. The molecule has 0 unspecified atom stereocenters. The number of hydrogen-bond donors (Lipinski definition) is 1. The highest BCUT2D eigenvalue weighted by Crippen LogP contribution is 2.51. The molecular formula is C19H16N2O4. The van der Waals surface area contributed by atoms with Crippen LogP contribution in [0.3, 0.4) is 0 Å². The lowest BCUT2D eigenvalue weighted by atomic mass is 9.89. The third-order valence-corrected chi connectivity index (χ3v) is 4.72. The quantitative estimate of drug-likeness (QED) is 0.442. The first-order chi connectivity index (χ1) is 12.0. The van der Waals surface area contributed by atoms with Crippen molar-refractivity contribution in [1.29, 1.82) is 0 Å². The molecular weight excluding hydrogens is 320 g/mol. The third kappa shape index (κ3) is 1.79. The van der Waals surface area contributed by atoms with E-state index in [0.29, 0.717) is 22.2 Å². The molecule has 1 aliphatic rings. The first kappa shape index (κ1) is 15.3. The average Bonchev–Trinajstić information content (AvgIpc) is 2.63. The second-order valence-corrected chi connectivity index (χ2v) is 5.92. The average molecular weight is 336 g/mol. The van der Waals surface area contributed by atoms with Crippen LogP contribution < -0.4 is 20.1 Å². The number of amides is 1. The Balaban J connectivity index is 2.39. The molecule has 0 bridgehead atoms. The van der Waals surface area contributed by atoms with Gasteiger partial charge in [-0.15, -0.1) is 0 Å². The van der Waals surface area contributed by atoms with Crippen molar-refractivity contribution in [3.63, 3.8) is 0 Å². The second kappa shape index (κ2) is 5.11. The number of methoxy groups -OCH3 is 2. The molecule has 3 aromatic carbocycles. The summed E-state index contributed by atoms with van der Waals surface area (Å²) < 4.78 is 11.0. The van der Waals surface area contributed by atoms with Crippen LogP contribution in [0.2, 0.25) is 0 Å². The molecule has 25 heavy (non-hydrogen) atoms. The van der Waals surface area contributed by atoms with Crippen molar-refractivity contribution in [1.82, 2.24) is 0 Å². The van der Waals surface area contributed by atoms with Gasteiger partial charge in [-0.2, -0.15) is 0 Å². The maximum Gasteiger partial charge on any atom is 0.299 e. The molecule has 0 atom stereocenters. The largest absolute Gasteiger partial charge is 0.492 e. The Morgan fingerprint density at radius 1 is 1.00 bits per heavy atom. The van der Waals surface area contributed by atoms with Crippen LogP contribution in [0.4, 0.5) is 11.4 Å². The summed E-state index contributed by atoms with van der Waals surface area (Å²) in [6, 6.07) is 9.60. The second-order valence-electron chi connectivity index (χ2n) is 5.92. The molecule has 4 rings (SSSR count). The Labute approximate surface area is 143 Å². The highest BCUT2D eigenvalue weighted by Gasteiger charge is 2.36. The van der Waals surface area contributed by atoms with Gasteiger partial charge in [-0.25, -0.2) is 0 Å². The van der Waals surface area contributed by atoms with Gasteiger partial charge in [-0.1, -0.05) is 24.3 Å². The molecule has 0 aliphatic carbocycles. The first-order valence-corrected chi connectivity index (χ1v) is 7.72. The van der Waals surface area contributed by atoms with E-state index in [2.05, 4.69) is 0 Å². The Morgan fingerprint density at radius 2 is 1.68 bits per heavy atom. The minimum absolute atomic E-state index is 0.120. The number of hydrogen-bond acceptors (Lipinski definition) is 5. The van der Waals surface area contributed by atoms with Gasteiger partial charge in [0.25, 0.3) is 11.7 Å². The lowest BCUT2D eigenvalue weighted by Gasteiger charge is -2.28. The Kier molecular flexibility index (Phi) is 3.12. The van der Waals surface area contributed by atoms with Gasteiger partial charge < -0.3 is 20.1 Å². The highest BCUT2D eigenvalue weighted by atomic mass is 16.5. The van der Waals surface area contributed by atoms with Crippen molar-refractivity contribution in [3.8, 4) is 11.5 Å². The summed E-state index contributed by atoms with van der Waals surface area (Å²) in [6.07, 6.45) is 0. The number of fused-ring (bicyclic) bond motifs is 2. The van der Waals surface area contributed by atoms with Gasteiger partial charge in [0.1, 0.15) is 0 Å². The molecule has 126 valence electrons. The lowest BCUT2D eigenvalue weighted by molar-refractivity contribution is -0.114. The molecule has 2 N–H and O–H groups in total. The number of benzene rings is 3. The number of nitrogens with two attached hydrogens (primary N) is 1. The molecule has 1 aliphatic heterocycles. The van der Waals surface area contributed by atoms with Crippen molar-refractivity contribution in [2.45, 2.75) is 0 Å². The van der Waals surface area contributed by atoms with Crippen LogP contribution in [-0.2, 0) is 4.79 Å². The Hall–Kier alpha value is -3.28. The predicted octanol–water partition coefficient (Wildman–Crippen LogP) is 2.75. The number of nitrogens with zero attached hydrogens (tertiary/aromatic N) is 1. The molecule has 1 heterocycles. The molecule has 3 aromatic rings. The number of ketones is 1. The Morgan fingerprint density at radius 3 is 2.36 bits per heavy atom. The smallest absolute Gasteiger partial charge is 0.299 e. The zero-order valence-electron chi connectivity index (χ0n) is 14.0. The molecule has 6 heteroatoms. The maximum atomic E-state index is 12.7. The van der Waals surface area contributed by atoms with Crippen LogP contribution in [-0.4, -0.2) is 33.0 Å². The van der Waals surface area contributed by atoms with Gasteiger partial charge in [-0.05, 0) is 16.8 Å². The van der Waals surface area contributed by atoms with Crippen molar-refractivity contribution in [2.75, 3.05) is 31.9 Å². The van der Waals surface area contributed by atoms with E-state index in [1.807, 2.05) is 30.3 Å². The number of carbonyl (C=O) groups excluding carboxylic acids is 2. The number of ether oxygens (including phenoxy) is 2. The zero-order chi connectivity index (χ0) is 17.9. The minimum atomic E-state index is -0.645. The predicted molar refractivity (Wildman–Crippen MR) is 96.7 cm³/mol. The minimum Gasteiger partial charge on any atom is -0.492 e. The zero-order valence-corrected chi connectivity index (χ0v) is 14.0. The van der Waals surface area contributed by atoms with Crippen molar-refractivity contribution >= 4 is 44.6 Å². The van der Waals surface area contributed by atoms with Gasteiger partial charge in [0.05, 0.1) is 31.2 Å². The number of Topliss-reactive ketones (excluding diaryl/α,β-unsaturated/α-hetero) is 1. The van der Waals surface area contributed by atoms with Gasteiger partial charge in [0.15, 0.2) is 11.5 Å². The molecule has 6 nitrogen and oxygen atoms in total. The first-order valence-electron chi connectivity index (χ1n) is 7.72. The van der Waals surface area contributed by atoms with Gasteiger partial charge in [0, 0.05) is 17.8 Å². The third-order valence-electron chi connectivity index (χ3n) is 4.72. The van der Waals surface area contributed by atoms with E-state index in [0.717, 1.165) is 10.8 Å². The van der Waals surface area contributed by atoms with E-state index in [1.54, 1.807) is 7.05 Å². The van der Waals surface area contributed by atoms with Crippen molar-refractivity contribution < 1.29 is 19.1 Å². The van der Waals surface area contributed by atoms with Gasteiger partial charge >= 0.3 is 0 Å². The fourth-order valence-corrected chi connectivity index (χ4v) is 3.57. The highest BCUT2D eigenvalue weighted by molar-refractivity contribution is 6.54. The summed E-state index contributed by atoms with van der Waals surface area (Å²) in [4.78, 5) is 26.4. The number of anilines is 2. The van der Waals surface area contributed by atoms with E-state index in [4.69, 9.17) is 15.2 Å². The standard InChI is InChI=1S/C19H16N2O4/c1-21-11-8-9-6-4-5-7-10(9)12-13(11)14(16(22)19(21)23)15(20)18(25-3)17(12)24-2/h4-8H,20H2,1-3H3. The number of rotatable bonds is 2. The summed E-state index contributed by atoms with van der Waals surface area (Å²) in [5, 5.41) is 3.15. The van der Waals surface area contributed by atoms with Gasteiger partial charge in [-0.3, -0.25) is 9.59 Å². The van der Waals surface area contributed by atoms with E-state index >= 15 is 0 Å². The molecule has 0 fully saturated rings. The van der Waals surface area contributed by atoms with Crippen LogP contribution in [0.5, 0.6) is 11.5 Å². The molecule has 0 saturated carbocycles. The summed E-state index contributed by atoms with van der Waals surface area (Å²) >= 11 is 0. The fourth-order valence-electron chi connectivity index (χ4n) is 3.57. The molecule has 1 amide bonds. The number of likely N-dealkylation sites (N-methyl/N-ethyl adjacent to an activating group) is 1. The van der Waals surface area contributed by atoms with E-state index in [1.165, 1.54) is 19.1 Å². The monoisotopic (exact) mass is 336 g/mol. The number of carbonyl (C=O) groups is 2. The van der Waals surface area contributed by atoms with E-state index in [9.17, 15) is 9.59 Å². The molecule has 0 radical (unpaired) electrons. The van der Waals surface area contributed by atoms with E-state index in [-0.39, 0.29) is 17.0 Å². The summed E-state index contributed by atoms with van der Waals surface area (Å²) in [7, 11) is 4.57. The topological polar surface area (TPSA) is 81.9 Å². The van der Waals surface area contributed by atoms with Crippen molar-refractivity contribution in [2.24, 2.45) is 0 Å². The van der Waals surface area contributed by atoms with Crippen molar-refractivity contribution in [3.05, 3.63) is 35.9 Å². The van der Waals surface area contributed by atoms with E-state index < -0.39 is 11.7 Å². The molecule has 0 spiro atoms. The van der Waals surface area contributed by atoms with Crippen LogP contribution in [0.15, 0.2) is 30.3 Å². The summed E-state index contributed by atoms with van der Waals surface area (Å²) in [6.45, 7) is 0. The van der Waals surface area contributed by atoms with Gasteiger partial charge in [0.2, 0.25) is 0 Å². The SMILES string of the molecule is COc1c(N)c2c3c(cc4ccccc4c3c1OC)N(C)C(=O)C2=O. The van der Waals surface area contributed by atoms with Crippen LogP contribution in [0, 0.1) is 0 Å². The van der Waals surface area contributed by atoms with Crippen LogP contribution in [0.25, 0.3) is 21.5 Å². The maximum absolute atomic E-state index is 12.7. The molecule has 0 aromatic heterocycles. The number of nitrogen functional groups attached to an aromatic ring is 1. The summed E-state index contributed by atoms with van der Waals surface area (Å²) in [5.74, 6) is -0.554. The fraction of sp³-hybridized carbons (Fsp3) is 0.158. The van der Waals surface area contributed by atoms with Crippen LogP contribution >= 0.6 is 0 Å². The van der Waals surface area contributed by atoms with Crippen LogP contribution in [0.1, 0.15) is 10.4 Å². The Bertz CT molecular complexity index is 1090.